The zero-order valence-electron chi connectivity index (χ0n) is 11.0. The average Bonchev–Trinajstić information content (AvgIpc) is 2.65. The molecular formula is C13H18N4O. The predicted molar refractivity (Wildman–Crippen MR) is 70.6 cm³/mol. The van der Waals surface area contributed by atoms with Gasteiger partial charge in [-0.25, -0.2) is 4.98 Å². The van der Waals surface area contributed by atoms with E-state index in [4.69, 9.17) is 10.5 Å². The highest BCUT2D eigenvalue weighted by atomic mass is 16.5. The van der Waals surface area contributed by atoms with Crippen molar-refractivity contribution in [2.75, 3.05) is 12.8 Å². The van der Waals surface area contributed by atoms with Gasteiger partial charge in [0.15, 0.2) is 0 Å². The van der Waals surface area contributed by atoms with Crippen molar-refractivity contribution < 1.29 is 4.74 Å². The van der Waals surface area contributed by atoms with E-state index in [9.17, 15) is 0 Å². The van der Waals surface area contributed by atoms with Crippen molar-refractivity contribution in [2.24, 2.45) is 7.05 Å². The van der Waals surface area contributed by atoms with Gasteiger partial charge in [0.2, 0.25) is 0 Å². The van der Waals surface area contributed by atoms with Crippen LogP contribution in [0, 0.1) is 6.92 Å². The van der Waals surface area contributed by atoms with E-state index < -0.39 is 0 Å². The quantitative estimate of drug-likeness (QED) is 0.830. The normalized spacial score (nSPS) is 10.6. The van der Waals surface area contributed by atoms with Gasteiger partial charge in [-0.3, -0.25) is 4.68 Å². The maximum atomic E-state index is 5.88. The SMILES string of the molecule is COc1ccc(CCc2nc(C)nn2C)cc1N. The molecule has 5 nitrogen and oxygen atoms in total. The fourth-order valence-corrected chi connectivity index (χ4v) is 1.97. The van der Waals surface area contributed by atoms with Gasteiger partial charge in [-0.05, 0) is 31.0 Å². The molecule has 1 aromatic carbocycles. The minimum Gasteiger partial charge on any atom is -0.495 e. The first-order valence-electron chi connectivity index (χ1n) is 5.89. The molecule has 18 heavy (non-hydrogen) atoms. The molecule has 2 aromatic rings. The molecule has 96 valence electrons. The summed E-state index contributed by atoms with van der Waals surface area (Å²) in [5, 5.41) is 4.23. The second-order valence-electron chi connectivity index (χ2n) is 4.28. The number of benzene rings is 1. The predicted octanol–water partition coefficient (Wildman–Crippen LogP) is 1.50. The van der Waals surface area contributed by atoms with Crippen LogP contribution in [0.25, 0.3) is 0 Å². The summed E-state index contributed by atoms with van der Waals surface area (Å²) in [5.41, 5.74) is 7.72. The van der Waals surface area contributed by atoms with Crippen LogP contribution in [0.5, 0.6) is 5.75 Å². The maximum absolute atomic E-state index is 5.88. The number of methoxy groups -OCH3 is 1. The molecule has 0 saturated carbocycles. The summed E-state index contributed by atoms with van der Waals surface area (Å²) in [7, 11) is 3.53. The van der Waals surface area contributed by atoms with Crippen molar-refractivity contribution >= 4 is 5.69 Å². The van der Waals surface area contributed by atoms with Gasteiger partial charge < -0.3 is 10.5 Å². The van der Waals surface area contributed by atoms with Crippen molar-refractivity contribution in [1.82, 2.24) is 14.8 Å². The van der Waals surface area contributed by atoms with Crippen LogP contribution >= 0.6 is 0 Å². The summed E-state index contributed by atoms with van der Waals surface area (Å²) >= 11 is 0. The van der Waals surface area contributed by atoms with Crippen molar-refractivity contribution in [3.63, 3.8) is 0 Å². The third-order valence-corrected chi connectivity index (χ3v) is 2.89. The zero-order chi connectivity index (χ0) is 13.1. The van der Waals surface area contributed by atoms with E-state index in [-0.39, 0.29) is 0 Å². The van der Waals surface area contributed by atoms with Crippen molar-refractivity contribution in [2.45, 2.75) is 19.8 Å². The highest BCUT2D eigenvalue weighted by Gasteiger charge is 2.05. The topological polar surface area (TPSA) is 66.0 Å². The minimum atomic E-state index is 0.671. The Morgan fingerprint density at radius 2 is 2.11 bits per heavy atom. The number of nitrogens with zero attached hydrogens (tertiary/aromatic N) is 3. The molecule has 0 radical (unpaired) electrons. The Bertz CT molecular complexity index is 548. The average molecular weight is 246 g/mol. The van der Waals surface area contributed by atoms with Crippen LogP contribution in [-0.2, 0) is 19.9 Å². The van der Waals surface area contributed by atoms with E-state index in [0.29, 0.717) is 11.4 Å². The fraction of sp³-hybridized carbons (Fsp3) is 0.385. The molecule has 0 bridgehead atoms. The van der Waals surface area contributed by atoms with E-state index in [2.05, 4.69) is 10.1 Å². The third-order valence-electron chi connectivity index (χ3n) is 2.89. The Labute approximate surface area is 107 Å². The number of hydrogen-bond donors (Lipinski definition) is 1. The van der Waals surface area contributed by atoms with Crippen molar-refractivity contribution in [3.05, 3.63) is 35.4 Å². The van der Waals surface area contributed by atoms with Crippen LogP contribution in [0.1, 0.15) is 17.2 Å². The number of ether oxygens (including phenoxy) is 1. The van der Waals surface area contributed by atoms with E-state index in [0.717, 1.165) is 24.5 Å². The van der Waals surface area contributed by atoms with E-state index >= 15 is 0 Å². The van der Waals surface area contributed by atoms with E-state index in [1.807, 2.05) is 36.9 Å². The highest BCUT2D eigenvalue weighted by Crippen LogP contribution is 2.22. The number of aromatic nitrogens is 3. The van der Waals surface area contributed by atoms with Crippen molar-refractivity contribution in [1.29, 1.82) is 0 Å². The molecule has 0 aliphatic rings. The number of rotatable bonds is 4. The first-order valence-corrected chi connectivity index (χ1v) is 5.89. The number of nitrogens with two attached hydrogens (primary N) is 1. The Balaban J connectivity index is 2.06. The molecule has 2 N–H and O–H groups in total. The fourth-order valence-electron chi connectivity index (χ4n) is 1.97. The molecule has 0 spiro atoms. The highest BCUT2D eigenvalue weighted by molar-refractivity contribution is 5.54. The summed E-state index contributed by atoms with van der Waals surface area (Å²) in [6, 6.07) is 5.87. The smallest absolute Gasteiger partial charge is 0.147 e. The molecule has 0 aliphatic carbocycles. The van der Waals surface area contributed by atoms with Crippen molar-refractivity contribution in [3.8, 4) is 5.75 Å². The van der Waals surface area contributed by atoms with Gasteiger partial charge in [-0.2, -0.15) is 5.10 Å². The lowest BCUT2D eigenvalue weighted by atomic mass is 10.1. The number of aryl methyl sites for hydroxylation is 4. The van der Waals surface area contributed by atoms with Gasteiger partial charge in [0.05, 0.1) is 12.8 Å². The van der Waals surface area contributed by atoms with Crippen LogP contribution in [0.3, 0.4) is 0 Å². The van der Waals surface area contributed by atoms with Gasteiger partial charge in [-0.1, -0.05) is 6.07 Å². The zero-order valence-corrected chi connectivity index (χ0v) is 11.0. The van der Waals surface area contributed by atoms with Crippen LogP contribution in [0.4, 0.5) is 5.69 Å². The standard InChI is InChI=1S/C13H18N4O/c1-9-15-13(17(2)16-9)7-5-10-4-6-12(18-3)11(14)8-10/h4,6,8H,5,7,14H2,1-3H3. The second kappa shape index (κ2) is 5.08. The molecule has 0 unspecified atom stereocenters. The lowest BCUT2D eigenvalue weighted by Crippen LogP contribution is -2.02. The first-order chi connectivity index (χ1) is 8.60. The van der Waals surface area contributed by atoms with Crippen LogP contribution < -0.4 is 10.5 Å². The molecule has 1 heterocycles. The molecule has 0 atom stereocenters. The summed E-state index contributed by atoms with van der Waals surface area (Å²) in [6.07, 6.45) is 1.74. The van der Waals surface area contributed by atoms with Crippen LogP contribution in [-0.4, -0.2) is 21.9 Å². The molecule has 2 rings (SSSR count). The summed E-state index contributed by atoms with van der Waals surface area (Å²) < 4.78 is 6.96. The molecule has 0 amide bonds. The Kier molecular flexibility index (Phi) is 3.50. The van der Waals surface area contributed by atoms with E-state index in [1.165, 1.54) is 5.56 Å². The second-order valence-corrected chi connectivity index (χ2v) is 4.28. The summed E-state index contributed by atoms with van der Waals surface area (Å²) in [4.78, 5) is 4.38. The van der Waals surface area contributed by atoms with Gasteiger partial charge in [0.25, 0.3) is 0 Å². The van der Waals surface area contributed by atoms with Gasteiger partial charge in [-0.15, -0.1) is 0 Å². The number of anilines is 1. The molecule has 5 heteroatoms. The van der Waals surface area contributed by atoms with Gasteiger partial charge in [0.1, 0.15) is 17.4 Å². The molecule has 0 fully saturated rings. The molecule has 1 aromatic heterocycles. The van der Waals surface area contributed by atoms with Gasteiger partial charge >= 0.3 is 0 Å². The van der Waals surface area contributed by atoms with Crippen LogP contribution in [0.15, 0.2) is 18.2 Å². The monoisotopic (exact) mass is 246 g/mol. The van der Waals surface area contributed by atoms with Crippen LogP contribution in [0.2, 0.25) is 0 Å². The molecular weight excluding hydrogens is 228 g/mol. The number of hydrogen-bond acceptors (Lipinski definition) is 4. The minimum absolute atomic E-state index is 0.671. The Morgan fingerprint density at radius 3 is 2.67 bits per heavy atom. The Morgan fingerprint density at radius 1 is 1.33 bits per heavy atom. The molecule has 0 saturated heterocycles. The maximum Gasteiger partial charge on any atom is 0.147 e. The largest absolute Gasteiger partial charge is 0.495 e. The summed E-state index contributed by atoms with van der Waals surface area (Å²) in [6.45, 7) is 1.90. The molecule has 0 aliphatic heterocycles. The van der Waals surface area contributed by atoms with E-state index in [1.54, 1.807) is 7.11 Å². The summed E-state index contributed by atoms with van der Waals surface area (Å²) in [5.74, 6) is 2.51. The first kappa shape index (κ1) is 12.4. The number of nitrogen functional groups attached to an aromatic ring is 1. The van der Waals surface area contributed by atoms with Gasteiger partial charge in [0, 0.05) is 13.5 Å². The third kappa shape index (κ3) is 2.61. The lowest BCUT2D eigenvalue weighted by molar-refractivity contribution is 0.417. The Hall–Kier alpha value is -2.04. The lowest BCUT2D eigenvalue weighted by Gasteiger charge is -2.07.